The van der Waals surface area contributed by atoms with Crippen molar-refractivity contribution in [1.29, 1.82) is 0 Å². The summed E-state index contributed by atoms with van der Waals surface area (Å²) in [5, 5.41) is 3.33. The van der Waals surface area contributed by atoms with E-state index in [0.29, 0.717) is 47.5 Å². The lowest BCUT2D eigenvalue weighted by atomic mass is 10.1. The first-order chi connectivity index (χ1) is 15.3. The van der Waals surface area contributed by atoms with Gasteiger partial charge in [0.05, 0.1) is 35.2 Å². The van der Waals surface area contributed by atoms with E-state index >= 15 is 0 Å². The number of thiazole rings is 1. The molecule has 4 rings (SSSR count). The number of halogens is 2. The van der Waals surface area contributed by atoms with Gasteiger partial charge in [-0.2, -0.15) is 0 Å². The molecule has 2 heterocycles. The van der Waals surface area contributed by atoms with Gasteiger partial charge in [0, 0.05) is 30.1 Å². The molecule has 0 saturated carbocycles. The van der Waals surface area contributed by atoms with Gasteiger partial charge in [0.15, 0.2) is 15.0 Å². The summed E-state index contributed by atoms with van der Waals surface area (Å²) in [5.41, 5.74) is 1.71. The predicted octanol–water partition coefficient (Wildman–Crippen LogP) is 5.58. The van der Waals surface area contributed by atoms with Gasteiger partial charge in [0.2, 0.25) is 0 Å². The minimum absolute atomic E-state index is 0.175. The highest BCUT2D eigenvalue weighted by Crippen LogP contribution is 2.36. The van der Waals surface area contributed by atoms with Crippen LogP contribution in [0.4, 0.5) is 5.13 Å². The molecule has 1 saturated heterocycles. The molecule has 0 spiro atoms. The molecular formula is C22H22Cl2N2O4S2. The Morgan fingerprint density at radius 1 is 1.03 bits per heavy atom. The molecule has 0 aliphatic carbocycles. The topological polar surface area (TPSA) is 68.7 Å². The van der Waals surface area contributed by atoms with E-state index in [1.165, 1.54) is 31.6 Å². The van der Waals surface area contributed by atoms with Crippen LogP contribution in [-0.2, 0) is 9.84 Å². The van der Waals surface area contributed by atoms with Crippen LogP contribution >= 0.6 is 34.5 Å². The van der Waals surface area contributed by atoms with E-state index < -0.39 is 15.1 Å². The largest absolute Gasteiger partial charge is 0.497 e. The van der Waals surface area contributed by atoms with Gasteiger partial charge in [0.25, 0.3) is 0 Å². The van der Waals surface area contributed by atoms with Crippen LogP contribution in [0.15, 0.2) is 46.7 Å². The molecule has 0 radical (unpaired) electrons. The second kappa shape index (κ2) is 9.47. The van der Waals surface area contributed by atoms with Crippen LogP contribution in [0, 0.1) is 0 Å². The van der Waals surface area contributed by atoms with Crippen molar-refractivity contribution in [3.05, 3.63) is 51.8 Å². The Labute approximate surface area is 201 Å². The Bertz CT molecular complexity index is 1220. The zero-order chi connectivity index (χ0) is 22.9. The molecule has 3 aromatic rings. The molecule has 1 aliphatic heterocycles. The maximum atomic E-state index is 13.3. The quantitative estimate of drug-likeness (QED) is 0.429. The van der Waals surface area contributed by atoms with Crippen molar-refractivity contribution in [2.24, 2.45) is 0 Å². The number of hydrogen-bond acceptors (Lipinski definition) is 7. The van der Waals surface area contributed by atoms with Gasteiger partial charge in [0.1, 0.15) is 16.4 Å². The van der Waals surface area contributed by atoms with E-state index in [1.54, 1.807) is 24.3 Å². The van der Waals surface area contributed by atoms with Crippen LogP contribution in [-0.4, -0.2) is 46.0 Å². The molecule has 0 unspecified atom stereocenters. The maximum absolute atomic E-state index is 13.3. The van der Waals surface area contributed by atoms with E-state index in [4.69, 9.17) is 37.7 Å². The molecule has 0 bridgehead atoms. The van der Waals surface area contributed by atoms with Crippen LogP contribution in [0.5, 0.6) is 11.5 Å². The summed E-state index contributed by atoms with van der Waals surface area (Å²) in [4.78, 5) is 7.03. The van der Waals surface area contributed by atoms with Gasteiger partial charge in [-0.3, -0.25) is 0 Å². The Morgan fingerprint density at radius 3 is 2.44 bits per heavy atom. The van der Waals surface area contributed by atoms with Crippen LogP contribution in [0.3, 0.4) is 0 Å². The number of anilines is 1. The Morgan fingerprint density at radius 2 is 1.78 bits per heavy atom. The fraction of sp³-hybridized carbons (Fsp3) is 0.318. The van der Waals surface area contributed by atoms with E-state index in [-0.39, 0.29) is 4.90 Å². The molecule has 10 heteroatoms. The van der Waals surface area contributed by atoms with Gasteiger partial charge < -0.3 is 14.4 Å². The van der Waals surface area contributed by atoms with Gasteiger partial charge in [-0.05, 0) is 37.1 Å². The summed E-state index contributed by atoms with van der Waals surface area (Å²) < 4.78 is 37.2. The first kappa shape index (κ1) is 23.2. The molecular weight excluding hydrogens is 491 g/mol. The van der Waals surface area contributed by atoms with E-state index in [9.17, 15) is 8.42 Å². The first-order valence-corrected chi connectivity index (χ1v) is 13.1. The highest BCUT2D eigenvalue weighted by Gasteiger charge is 2.34. The molecule has 1 fully saturated rings. The molecule has 0 N–H and O–H groups in total. The molecule has 2 aromatic carbocycles. The van der Waals surface area contributed by atoms with Crippen molar-refractivity contribution in [2.45, 2.75) is 23.0 Å². The highest BCUT2D eigenvalue weighted by atomic mass is 35.5. The van der Waals surface area contributed by atoms with Crippen LogP contribution in [0.25, 0.3) is 11.3 Å². The molecule has 0 atom stereocenters. The lowest BCUT2D eigenvalue weighted by molar-refractivity contribution is 0.391. The maximum Gasteiger partial charge on any atom is 0.185 e. The first-order valence-electron chi connectivity index (χ1n) is 9.95. The van der Waals surface area contributed by atoms with Crippen molar-refractivity contribution >= 4 is 49.5 Å². The normalized spacial score (nSPS) is 15.1. The van der Waals surface area contributed by atoms with Crippen LogP contribution in [0.2, 0.25) is 10.0 Å². The third kappa shape index (κ3) is 4.55. The zero-order valence-corrected chi connectivity index (χ0v) is 20.7. The second-order valence-electron chi connectivity index (χ2n) is 7.39. The Hall–Kier alpha value is -2.00. The summed E-state index contributed by atoms with van der Waals surface area (Å²) in [5.74, 6) is 0.818. The third-order valence-electron chi connectivity index (χ3n) is 5.54. The second-order valence-corrected chi connectivity index (χ2v) is 11.2. The minimum Gasteiger partial charge on any atom is -0.497 e. The lowest BCUT2D eigenvalue weighted by Crippen LogP contribution is -2.39. The standard InChI is InChI=1S/C22H22Cl2N2O4S2/c1-29-15-4-6-20(30-2)21(12-15)32(27,28)16-7-9-26(10-8-16)22-25-19(13-31-22)14-3-5-17(23)18(24)11-14/h3-6,11-13,16H,7-10H2,1-2H3. The van der Waals surface area contributed by atoms with Crippen molar-refractivity contribution in [1.82, 2.24) is 4.98 Å². The molecule has 32 heavy (non-hydrogen) atoms. The number of methoxy groups -OCH3 is 2. The molecule has 1 aromatic heterocycles. The summed E-state index contributed by atoms with van der Waals surface area (Å²) >= 11 is 13.7. The van der Waals surface area contributed by atoms with Gasteiger partial charge >= 0.3 is 0 Å². The molecule has 170 valence electrons. The smallest absolute Gasteiger partial charge is 0.185 e. The number of piperidine rings is 1. The summed E-state index contributed by atoms with van der Waals surface area (Å²) in [7, 11) is -0.585. The summed E-state index contributed by atoms with van der Waals surface area (Å²) in [6.45, 7) is 1.20. The van der Waals surface area contributed by atoms with Crippen molar-refractivity contribution < 1.29 is 17.9 Å². The third-order valence-corrected chi connectivity index (χ3v) is 9.46. The SMILES string of the molecule is COc1ccc(OC)c(S(=O)(=O)C2CCN(c3nc(-c4ccc(Cl)c(Cl)c4)cs3)CC2)c1. The average Bonchev–Trinajstić information content (AvgIpc) is 3.31. The average molecular weight is 513 g/mol. The number of sulfone groups is 1. The summed E-state index contributed by atoms with van der Waals surface area (Å²) in [6, 6.07) is 10.3. The van der Waals surface area contributed by atoms with Crippen molar-refractivity contribution in [2.75, 3.05) is 32.2 Å². The van der Waals surface area contributed by atoms with Crippen LogP contribution in [0.1, 0.15) is 12.8 Å². The predicted molar refractivity (Wildman–Crippen MR) is 130 cm³/mol. The number of benzene rings is 2. The number of aromatic nitrogens is 1. The van der Waals surface area contributed by atoms with Gasteiger partial charge in [-0.15, -0.1) is 11.3 Å². The van der Waals surface area contributed by atoms with E-state index in [2.05, 4.69) is 4.90 Å². The number of nitrogens with zero attached hydrogens (tertiary/aromatic N) is 2. The Balaban J connectivity index is 1.49. The fourth-order valence-corrected chi connectivity index (χ4v) is 6.83. The molecule has 6 nitrogen and oxygen atoms in total. The van der Waals surface area contributed by atoms with E-state index in [1.807, 2.05) is 11.4 Å². The zero-order valence-electron chi connectivity index (χ0n) is 17.5. The highest BCUT2D eigenvalue weighted by molar-refractivity contribution is 7.92. The molecule has 1 aliphatic rings. The number of ether oxygens (including phenoxy) is 2. The minimum atomic E-state index is -3.57. The van der Waals surface area contributed by atoms with Gasteiger partial charge in [-0.1, -0.05) is 29.3 Å². The van der Waals surface area contributed by atoms with Crippen molar-refractivity contribution in [3.63, 3.8) is 0 Å². The van der Waals surface area contributed by atoms with E-state index in [0.717, 1.165) is 16.4 Å². The summed E-state index contributed by atoms with van der Waals surface area (Å²) in [6.07, 6.45) is 1.01. The number of rotatable bonds is 6. The number of hydrogen-bond donors (Lipinski definition) is 0. The Kier molecular flexibility index (Phi) is 6.86. The van der Waals surface area contributed by atoms with Crippen molar-refractivity contribution in [3.8, 4) is 22.8 Å². The monoisotopic (exact) mass is 512 g/mol. The molecule has 0 amide bonds. The van der Waals surface area contributed by atoms with Gasteiger partial charge in [-0.25, -0.2) is 13.4 Å². The van der Waals surface area contributed by atoms with Crippen LogP contribution < -0.4 is 14.4 Å². The lowest BCUT2D eigenvalue weighted by Gasteiger charge is -2.31. The fourth-order valence-electron chi connectivity index (χ4n) is 3.74.